The van der Waals surface area contributed by atoms with E-state index in [-0.39, 0.29) is 0 Å². The number of nitrogens with zero attached hydrogens (tertiary/aromatic N) is 4. The van der Waals surface area contributed by atoms with Gasteiger partial charge in [0.25, 0.3) is 0 Å². The van der Waals surface area contributed by atoms with Gasteiger partial charge in [-0.25, -0.2) is 0 Å². The molecule has 1 aromatic rings. The largest absolute Gasteiger partial charge is 0.357 e. The molecule has 1 N–H and O–H groups in total. The number of aliphatic imine (C=N–C) groups is 1. The summed E-state index contributed by atoms with van der Waals surface area (Å²) < 4.78 is 1.89. The van der Waals surface area contributed by atoms with E-state index in [1.54, 1.807) is 0 Å². The van der Waals surface area contributed by atoms with E-state index >= 15 is 0 Å². The van der Waals surface area contributed by atoms with E-state index in [2.05, 4.69) is 34.7 Å². The fourth-order valence-corrected chi connectivity index (χ4v) is 3.34. The normalized spacial score (nSPS) is 19.0. The van der Waals surface area contributed by atoms with Crippen LogP contribution in [-0.2, 0) is 7.05 Å². The number of likely N-dealkylation sites (tertiary alicyclic amines) is 1. The number of guanidine groups is 1. The van der Waals surface area contributed by atoms with E-state index in [1.807, 2.05) is 29.7 Å². The second-order valence-electron chi connectivity index (χ2n) is 5.81. The van der Waals surface area contributed by atoms with Gasteiger partial charge in [-0.1, -0.05) is 0 Å². The molecule has 6 heteroatoms. The lowest BCUT2D eigenvalue weighted by molar-refractivity contribution is 0.485. The van der Waals surface area contributed by atoms with Crippen molar-refractivity contribution in [2.75, 3.05) is 38.2 Å². The molecule has 5 nitrogen and oxygen atoms in total. The fraction of sp³-hybridized carbons (Fsp3) is 0.750. The van der Waals surface area contributed by atoms with Crippen LogP contribution in [0.25, 0.3) is 0 Å². The molecule has 2 heterocycles. The van der Waals surface area contributed by atoms with Gasteiger partial charge in [0.2, 0.25) is 0 Å². The molecule has 2 rings (SSSR count). The molecule has 1 aliphatic heterocycles. The molecule has 124 valence electrons. The molecular formula is C16H29N5S. The van der Waals surface area contributed by atoms with Crippen LogP contribution >= 0.6 is 11.8 Å². The van der Waals surface area contributed by atoms with Crippen molar-refractivity contribution < 1.29 is 0 Å². The number of aryl methyl sites for hydroxylation is 1. The maximum atomic E-state index is 4.80. The predicted octanol–water partition coefficient (Wildman–Crippen LogP) is 2.32. The van der Waals surface area contributed by atoms with Crippen molar-refractivity contribution in [3.05, 3.63) is 18.0 Å². The van der Waals surface area contributed by atoms with Crippen LogP contribution < -0.4 is 5.32 Å². The molecule has 0 radical (unpaired) electrons. The first-order valence-electron chi connectivity index (χ1n) is 8.25. The average molecular weight is 324 g/mol. The predicted molar refractivity (Wildman–Crippen MR) is 95.7 cm³/mol. The van der Waals surface area contributed by atoms with Crippen molar-refractivity contribution >= 4 is 17.7 Å². The molecule has 0 aromatic carbocycles. The second-order valence-corrected chi connectivity index (χ2v) is 6.80. The molecule has 1 aliphatic rings. The number of unbranched alkanes of at least 4 members (excludes halogenated alkanes) is 1. The maximum Gasteiger partial charge on any atom is 0.193 e. The second kappa shape index (κ2) is 9.08. The molecule has 0 amide bonds. The summed E-state index contributed by atoms with van der Waals surface area (Å²) in [5.74, 6) is 2.89. The van der Waals surface area contributed by atoms with Crippen molar-refractivity contribution in [1.82, 2.24) is 20.0 Å². The molecule has 1 saturated heterocycles. The van der Waals surface area contributed by atoms with Crippen LogP contribution in [0, 0.1) is 0 Å². The van der Waals surface area contributed by atoms with Gasteiger partial charge in [0.05, 0.1) is 6.20 Å². The molecule has 1 fully saturated rings. The number of rotatable bonds is 7. The van der Waals surface area contributed by atoms with Gasteiger partial charge in [0.1, 0.15) is 0 Å². The summed E-state index contributed by atoms with van der Waals surface area (Å²) in [6, 6.07) is 0. The maximum absolute atomic E-state index is 4.80. The lowest BCUT2D eigenvalue weighted by Gasteiger charge is -2.21. The minimum Gasteiger partial charge on any atom is -0.357 e. The van der Waals surface area contributed by atoms with E-state index in [1.165, 1.54) is 30.6 Å². The van der Waals surface area contributed by atoms with Gasteiger partial charge in [-0.05, 0) is 43.8 Å². The van der Waals surface area contributed by atoms with Crippen LogP contribution in [0.2, 0.25) is 0 Å². The highest BCUT2D eigenvalue weighted by Gasteiger charge is 2.26. The van der Waals surface area contributed by atoms with Crippen LogP contribution in [0.5, 0.6) is 0 Å². The quantitative estimate of drug-likeness (QED) is 0.475. The highest BCUT2D eigenvalue weighted by atomic mass is 32.2. The summed E-state index contributed by atoms with van der Waals surface area (Å²) in [6.45, 7) is 6.12. The number of aromatic nitrogens is 2. The Hall–Kier alpha value is -1.17. The molecule has 1 aromatic heterocycles. The Balaban J connectivity index is 1.88. The Kier molecular flexibility index (Phi) is 7.09. The van der Waals surface area contributed by atoms with Crippen molar-refractivity contribution in [3.63, 3.8) is 0 Å². The highest BCUT2D eigenvalue weighted by Crippen LogP contribution is 2.26. The Morgan fingerprint density at radius 3 is 3.05 bits per heavy atom. The van der Waals surface area contributed by atoms with Gasteiger partial charge in [-0.15, -0.1) is 0 Å². The molecule has 0 aliphatic carbocycles. The van der Waals surface area contributed by atoms with Gasteiger partial charge >= 0.3 is 0 Å². The number of nitrogens with one attached hydrogen (secondary N) is 1. The van der Waals surface area contributed by atoms with Crippen LogP contribution in [0.3, 0.4) is 0 Å². The van der Waals surface area contributed by atoms with Crippen molar-refractivity contribution in [3.8, 4) is 0 Å². The summed E-state index contributed by atoms with van der Waals surface area (Å²) in [5.41, 5.74) is 1.35. The zero-order valence-electron chi connectivity index (χ0n) is 14.1. The summed E-state index contributed by atoms with van der Waals surface area (Å²) in [4.78, 5) is 7.20. The first-order chi connectivity index (χ1) is 10.7. The molecular weight excluding hydrogens is 294 g/mol. The lowest BCUT2D eigenvalue weighted by atomic mass is 10.0. The van der Waals surface area contributed by atoms with Crippen LogP contribution in [0.15, 0.2) is 17.4 Å². The minimum absolute atomic E-state index is 0.578. The molecule has 0 spiro atoms. The third kappa shape index (κ3) is 4.93. The third-order valence-corrected chi connectivity index (χ3v) is 4.73. The van der Waals surface area contributed by atoms with E-state index in [4.69, 9.17) is 4.99 Å². The number of hydrogen-bond acceptors (Lipinski definition) is 3. The zero-order chi connectivity index (χ0) is 15.8. The van der Waals surface area contributed by atoms with Gasteiger partial charge in [0.15, 0.2) is 5.96 Å². The monoisotopic (exact) mass is 323 g/mol. The van der Waals surface area contributed by atoms with E-state index < -0.39 is 0 Å². The van der Waals surface area contributed by atoms with Gasteiger partial charge in [-0.2, -0.15) is 16.9 Å². The smallest absolute Gasteiger partial charge is 0.193 e. The Labute approximate surface area is 138 Å². The summed E-state index contributed by atoms with van der Waals surface area (Å²) in [6.07, 6.45) is 9.91. The van der Waals surface area contributed by atoms with Crippen molar-refractivity contribution in [1.29, 1.82) is 0 Å². The Morgan fingerprint density at radius 1 is 1.50 bits per heavy atom. The number of hydrogen-bond donors (Lipinski definition) is 1. The Bertz CT molecular complexity index is 471. The molecule has 1 unspecified atom stereocenters. The van der Waals surface area contributed by atoms with Gasteiger partial charge in [0, 0.05) is 45.3 Å². The average Bonchev–Trinajstić information content (AvgIpc) is 3.14. The summed E-state index contributed by atoms with van der Waals surface area (Å²) in [5, 5.41) is 7.74. The van der Waals surface area contributed by atoms with Crippen molar-refractivity contribution in [2.45, 2.75) is 32.1 Å². The van der Waals surface area contributed by atoms with Gasteiger partial charge in [-0.3, -0.25) is 9.67 Å². The van der Waals surface area contributed by atoms with E-state index in [0.29, 0.717) is 5.92 Å². The fourth-order valence-electron chi connectivity index (χ4n) is 2.84. The lowest BCUT2D eigenvalue weighted by Crippen LogP contribution is -2.40. The van der Waals surface area contributed by atoms with E-state index in [0.717, 1.165) is 32.1 Å². The van der Waals surface area contributed by atoms with Gasteiger partial charge < -0.3 is 10.2 Å². The Morgan fingerprint density at radius 2 is 2.36 bits per heavy atom. The zero-order valence-corrected chi connectivity index (χ0v) is 14.9. The standard InChI is InChI=1S/C16H29N5S/c1-4-17-16(18-8-5-6-10-22-3)21-9-7-14(13-21)15-11-19-20(2)12-15/h11-12,14H,4-10,13H2,1-3H3,(H,17,18). The number of thioether (sulfide) groups is 1. The van der Waals surface area contributed by atoms with E-state index in [9.17, 15) is 0 Å². The summed E-state index contributed by atoms with van der Waals surface area (Å²) in [7, 11) is 1.98. The topological polar surface area (TPSA) is 45.5 Å². The SMILES string of the molecule is CCNC(=NCCCCSC)N1CCC(c2cnn(C)c2)C1. The van der Waals surface area contributed by atoms with Crippen LogP contribution in [0.1, 0.15) is 37.7 Å². The molecule has 0 bridgehead atoms. The highest BCUT2D eigenvalue weighted by molar-refractivity contribution is 7.98. The van der Waals surface area contributed by atoms with Crippen LogP contribution in [-0.4, -0.2) is 58.8 Å². The van der Waals surface area contributed by atoms with Crippen molar-refractivity contribution in [2.24, 2.45) is 12.0 Å². The molecule has 0 saturated carbocycles. The van der Waals surface area contributed by atoms with Crippen LogP contribution in [0.4, 0.5) is 0 Å². The third-order valence-electron chi connectivity index (χ3n) is 4.04. The molecule has 1 atom stereocenters. The first-order valence-corrected chi connectivity index (χ1v) is 9.64. The first kappa shape index (κ1) is 17.2. The molecule has 22 heavy (non-hydrogen) atoms. The minimum atomic E-state index is 0.578. The summed E-state index contributed by atoms with van der Waals surface area (Å²) >= 11 is 1.91.